The summed E-state index contributed by atoms with van der Waals surface area (Å²) in [5.41, 5.74) is 1.03. The van der Waals surface area contributed by atoms with Crippen LogP contribution in [0.4, 0.5) is 0 Å². The van der Waals surface area contributed by atoms with Gasteiger partial charge in [0, 0.05) is 21.2 Å². The van der Waals surface area contributed by atoms with Gasteiger partial charge in [-0.2, -0.15) is 0 Å². The maximum Gasteiger partial charge on any atom is 0.353 e. The molecule has 2 aromatic heterocycles. The zero-order valence-electron chi connectivity index (χ0n) is 16.3. The molecule has 0 radical (unpaired) electrons. The van der Waals surface area contributed by atoms with E-state index in [-0.39, 0.29) is 11.5 Å². The number of hydrogen-bond acceptors (Lipinski definition) is 6. The van der Waals surface area contributed by atoms with Crippen LogP contribution in [-0.2, 0) is 9.47 Å². The molecule has 0 unspecified atom stereocenters. The number of benzene rings is 2. The molecule has 0 saturated carbocycles. The average Bonchev–Trinajstić information content (AvgIpc) is 3.52. The molecule has 0 spiro atoms. The largest absolute Gasteiger partial charge is 0.418 e. The smallest absolute Gasteiger partial charge is 0.353 e. The summed E-state index contributed by atoms with van der Waals surface area (Å²) in [6.45, 7) is 0. The van der Waals surface area contributed by atoms with Gasteiger partial charge in [-0.05, 0) is 71.4 Å². The Hall–Kier alpha value is -2.90. The molecule has 8 heteroatoms. The molecule has 0 saturated heterocycles. The first-order valence-corrected chi connectivity index (χ1v) is 11.8. The van der Waals surface area contributed by atoms with Gasteiger partial charge in [0.25, 0.3) is 0 Å². The van der Waals surface area contributed by atoms with Crippen molar-refractivity contribution in [3.8, 4) is 0 Å². The third-order valence-corrected chi connectivity index (χ3v) is 6.46. The molecule has 2 aromatic carbocycles. The van der Waals surface area contributed by atoms with Crippen LogP contribution in [0.15, 0.2) is 83.6 Å². The van der Waals surface area contributed by atoms with Gasteiger partial charge >= 0.3 is 11.9 Å². The Morgan fingerprint density at radius 3 is 1.28 bits per heavy atom. The monoisotopic (exact) mass is 500 g/mol. The molecule has 4 nitrogen and oxygen atoms in total. The third kappa shape index (κ3) is 5.29. The van der Waals surface area contributed by atoms with Crippen LogP contribution in [0.2, 0.25) is 10.0 Å². The molecule has 0 aliphatic rings. The van der Waals surface area contributed by atoms with Crippen molar-refractivity contribution in [3.05, 3.63) is 114 Å². The Kier molecular flexibility index (Phi) is 7.07. The van der Waals surface area contributed by atoms with E-state index in [1.165, 1.54) is 22.7 Å². The summed E-state index contributed by atoms with van der Waals surface area (Å²) in [5.74, 6) is -0.952. The molecular weight excluding hydrogens is 487 g/mol. The summed E-state index contributed by atoms with van der Waals surface area (Å²) < 4.78 is 11.6. The predicted molar refractivity (Wildman–Crippen MR) is 129 cm³/mol. The van der Waals surface area contributed by atoms with E-state index < -0.39 is 11.9 Å². The summed E-state index contributed by atoms with van der Waals surface area (Å²) in [6, 6.07) is 20.2. The number of hydrogen-bond donors (Lipinski definition) is 0. The number of rotatable bonds is 6. The van der Waals surface area contributed by atoms with E-state index in [0.29, 0.717) is 30.9 Å². The summed E-state index contributed by atoms with van der Waals surface area (Å²) in [4.78, 5) is 26.5. The number of carbonyl (C=O) groups is 2. The molecule has 0 aliphatic heterocycles. The molecule has 0 fully saturated rings. The number of thiophene rings is 2. The zero-order valence-corrected chi connectivity index (χ0v) is 19.4. The Morgan fingerprint density at radius 1 is 0.594 bits per heavy atom. The standard InChI is InChI=1S/C24H14Cl2O4S2/c25-17-9-5-15(6-10-17)21(29-23(27)19-3-1-13-31-19)22(16-7-11-18(26)12-8-16)30-24(28)20-4-2-14-32-20/h1-14H. The first-order valence-electron chi connectivity index (χ1n) is 9.29. The van der Waals surface area contributed by atoms with Gasteiger partial charge in [0.2, 0.25) is 0 Å². The minimum atomic E-state index is -0.566. The topological polar surface area (TPSA) is 52.6 Å². The molecular formula is C24H14Cl2O4S2. The molecule has 32 heavy (non-hydrogen) atoms. The van der Waals surface area contributed by atoms with E-state index in [4.69, 9.17) is 32.7 Å². The first-order chi connectivity index (χ1) is 15.5. The second-order valence-electron chi connectivity index (χ2n) is 6.41. The Morgan fingerprint density at radius 2 is 0.969 bits per heavy atom. The number of carbonyl (C=O) groups excluding carboxylic acids is 2. The minimum absolute atomic E-state index is 0.0901. The number of halogens is 2. The third-order valence-electron chi connectivity index (χ3n) is 4.25. The lowest BCUT2D eigenvalue weighted by atomic mass is 10.1. The van der Waals surface area contributed by atoms with Gasteiger partial charge in [-0.15, -0.1) is 22.7 Å². The fraction of sp³-hybridized carbons (Fsp3) is 0. The Balaban J connectivity index is 1.86. The lowest BCUT2D eigenvalue weighted by Crippen LogP contribution is -2.10. The summed E-state index contributed by atoms with van der Waals surface area (Å²) in [7, 11) is 0. The first kappa shape index (κ1) is 22.3. The van der Waals surface area contributed by atoms with Crippen molar-refractivity contribution in [1.29, 1.82) is 0 Å². The van der Waals surface area contributed by atoms with Crippen LogP contribution in [-0.4, -0.2) is 11.9 Å². The van der Waals surface area contributed by atoms with Crippen molar-refractivity contribution in [2.75, 3.05) is 0 Å². The van der Waals surface area contributed by atoms with Crippen LogP contribution < -0.4 is 0 Å². The molecule has 4 aromatic rings. The van der Waals surface area contributed by atoms with Gasteiger partial charge in [0.1, 0.15) is 9.75 Å². The van der Waals surface area contributed by atoms with Gasteiger partial charge in [-0.1, -0.05) is 35.3 Å². The normalized spacial score (nSPS) is 11.6. The fourth-order valence-corrected chi connectivity index (χ4v) is 4.20. The van der Waals surface area contributed by atoms with Gasteiger partial charge in [0.15, 0.2) is 11.5 Å². The molecule has 0 bridgehead atoms. The maximum atomic E-state index is 12.8. The van der Waals surface area contributed by atoms with E-state index >= 15 is 0 Å². The van der Waals surface area contributed by atoms with Crippen LogP contribution in [0, 0.1) is 0 Å². The highest BCUT2D eigenvalue weighted by Crippen LogP contribution is 2.32. The molecule has 4 rings (SSSR count). The van der Waals surface area contributed by atoms with Crippen molar-refractivity contribution < 1.29 is 19.1 Å². The van der Waals surface area contributed by atoms with Gasteiger partial charge in [-0.3, -0.25) is 0 Å². The van der Waals surface area contributed by atoms with Gasteiger partial charge in [0.05, 0.1) is 0 Å². The van der Waals surface area contributed by atoms with E-state index in [1.807, 2.05) is 0 Å². The van der Waals surface area contributed by atoms with E-state index in [0.717, 1.165) is 0 Å². The van der Waals surface area contributed by atoms with E-state index in [1.54, 1.807) is 83.6 Å². The minimum Gasteiger partial charge on any atom is -0.418 e. The summed E-state index contributed by atoms with van der Waals surface area (Å²) in [5, 5.41) is 4.58. The molecule has 2 heterocycles. The Bertz CT molecular complexity index is 1140. The highest BCUT2D eigenvalue weighted by molar-refractivity contribution is 7.12. The summed E-state index contributed by atoms with van der Waals surface area (Å²) in [6.07, 6.45) is 0. The van der Waals surface area contributed by atoms with Crippen LogP contribution >= 0.6 is 45.9 Å². The highest BCUT2D eigenvalue weighted by atomic mass is 35.5. The van der Waals surface area contributed by atoms with Crippen molar-refractivity contribution >= 4 is 69.3 Å². The zero-order chi connectivity index (χ0) is 22.5. The van der Waals surface area contributed by atoms with Crippen molar-refractivity contribution in [3.63, 3.8) is 0 Å². The van der Waals surface area contributed by atoms with Crippen LogP contribution in [0.1, 0.15) is 30.5 Å². The van der Waals surface area contributed by atoms with Crippen molar-refractivity contribution in [2.24, 2.45) is 0 Å². The van der Waals surface area contributed by atoms with Crippen molar-refractivity contribution in [1.82, 2.24) is 0 Å². The highest BCUT2D eigenvalue weighted by Gasteiger charge is 2.23. The van der Waals surface area contributed by atoms with E-state index in [9.17, 15) is 9.59 Å². The quantitative estimate of drug-likeness (QED) is 0.155. The second-order valence-corrected chi connectivity index (χ2v) is 9.17. The van der Waals surface area contributed by atoms with Gasteiger partial charge < -0.3 is 9.47 Å². The second kappa shape index (κ2) is 10.1. The maximum absolute atomic E-state index is 12.8. The number of ether oxygens (including phenoxy) is 2. The molecule has 0 amide bonds. The van der Waals surface area contributed by atoms with Crippen LogP contribution in [0.3, 0.4) is 0 Å². The average molecular weight is 501 g/mol. The SMILES string of the molecule is O=C(OC(=C(OC(=O)c1cccs1)c1ccc(Cl)cc1)c1ccc(Cl)cc1)c1cccs1. The number of esters is 2. The Labute approximate surface area is 202 Å². The predicted octanol–water partition coefficient (Wildman–Crippen LogP) is 7.66. The molecule has 0 aliphatic carbocycles. The summed E-state index contributed by atoms with van der Waals surface area (Å²) >= 11 is 14.6. The molecule has 0 atom stereocenters. The molecule has 0 N–H and O–H groups in total. The van der Waals surface area contributed by atoms with E-state index in [2.05, 4.69) is 0 Å². The van der Waals surface area contributed by atoms with Crippen LogP contribution in [0.25, 0.3) is 11.5 Å². The molecule has 160 valence electrons. The van der Waals surface area contributed by atoms with Gasteiger partial charge in [-0.25, -0.2) is 9.59 Å². The van der Waals surface area contributed by atoms with Crippen LogP contribution in [0.5, 0.6) is 0 Å². The lowest BCUT2D eigenvalue weighted by molar-refractivity contribution is 0.0652. The lowest BCUT2D eigenvalue weighted by Gasteiger charge is -2.16. The fourth-order valence-electron chi connectivity index (χ4n) is 2.75. The van der Waals surface area contributed by atoms with Crippen molar-refractivity contribution in [2.45, 2.75) is 0 Å².